The number of rotatable bonds is 6. The summed E-state index contributed by atoms with van der Waals surface area (Å²) in [5.74, 6) is -0.797. The number of hydrogen-bond donors (Lipinski definition) is 2. The zero-order valence-electron chi connectivity index (χ0n) is 14.1. The molecule has 1 unspecified atom stereocenters. The topological polar surface area (TPSA) is 99.3 Å². The van der Waals surface area contributed by atoms with E-state index in [9.17, 15) is 9.59 Å². The van der Waals surface area contributed by atoms with Crippen LogP contribution in [0.25, 0.3) is 0 Å². The van der Waals surface area contributed by atoms with Crippen molar-refractivity contribution >= 4 is 17.7 Å². The van der Waals surface area contributed by atoms with Crippen LogP contribution in [0, 0.1) is 0 Å². The van der Waals surface area contributed by atoms with Crippen LogP contribution in [-0.2, 0) is 16.1 Å². The van der Waals surface area contributed by atoms with E-state index in [1.54, 1.807) is 4.90 Å². The van der Waals surface area contributed by atoms with Gasteiger partial charge >= 0.3 is 12.1 Å². The Morgan fingerprint density at radius 1 is 1.16 bits per heavy atom. The Balaban J connectivity index is 1.50. The summed E-state index contributed by atoms with van der Waals surface area (Å²) < 4.78 is 5.49. The van der Waals surface area contributed by atoms with Crippen molar-refractivity contribution in [3.63, 3.8) is 0 Å². The van der Waals surface area contributed by atoms with Gasteiger partial charge in [0.05, 0.1) is 13.1 Å². The normalized spacial score (nSPS) is 22.2. The van der Waals surface area contributed by atoms with E-state index in [4.69, 9.17) is 15.6 Å². The highest BCUT2D eigenvalue weighted by Crippen LogP contribution is 2.22. The summed E-state index contributed by atoms with van der Waals surface area (Å²) >= 11 is 0. The number of aliphatic carboxylic acids is 1. The number of carboxylic acids is 1. The summed E-state index contributed by atoms with van der Waals surface area (Å²) in [4.78, 5) is 28.7. The van der Waals surface area contributed by atoms with E-state index in [2.05, 4.69) is 4.90 Å². The molecule has 1 aromatic carbocycles. The molecule has 8 nitrogen and oxygen atoms in total. The number of ether oxygens (including phenoxy) is 1. The Labute approximate surface area is 146 Å². The second-order valence-corrected chi connectivity index (χ2v) is 6.46. The van der Waals surface area contributed by atoms with Crippen LogP contribution in [0.4, 0.5) is 10.5 Å². The molecular weight excluding hydrogens is 324 g/mol. The van der Waals surface area contributed by atoms with Gasteiger partial charge < -0.3 is 15.6 Å². The molecule has 136 valence electrons. The monoisotopic (exact) mass is 348 g/mol. The molecule has 0 radical (unpaired) electrons. The molecule has 3 N–H and O–H groups in total. The maximum Gasteiger partial charge on any atom is 0.414 e. The van der Waals surface area contributed by atoms with Crippen LogP contribution in [0.5, 0.6) is 0 Å². The predicted molar refractivity (Wildman–Crippen MR) is 92.5 cm³/mol. The number of carbonyl (C=O) groups excluding carboxylic acids is 1. The predicted octanol–water partition coefficient (Wildman–Crippen LogP) is 0.173. The van der Waals surface area contributed by atoms with Crippen molar-refractivity contribution in [1.29, 1.82) is 0 Å². The number of carboxylic acid groups (broad SMARTS) is 1. The standard InChI is InChI=1S/C17H24N4O4/c18-9-13-1-3-14(4-2-13)21-11-15(25-17(21)24)10-19-5-7-20(8-6-19)12-16(22)23/h1-4,15H,5-12,18H2,(H,22,23). The van der Waals surface area contributed by atoms with Gasteiger partial charge in [-0.05, 0) is 17.7 Å². The smallest absolute Gasteiger partial charge is 0.414 e. The van der Waals surface area contributed by atoms with E-state index in [0.717, 1.165) is 37.4 Å². The molecule has 2 fully saturated rings. The van der Waals surface area contributed by atoms with Crippen molar-refractivity contribution in [1.82, 2.24) is 9.80 Å². The fourth-order valence-corrected chi connectivity index (χ4v) is 3.25. The number of cyclic esters (lactones) is 1. The molecule has 2 aliphatic heterocycles. The van der Waals surface area contributed by atoms with Crippen LogP contribution in [0.3, 0.4) is 0 Å². The minimum Gasteiger partial charge on any atom is -0.480 e. The van der Waals surface area contributed by atoms with Gasteiger partial charge in [0, 0.05) is 45.0 Å². The van der Waals surface area contributed by atoms with Crippen molar-refractivity contribution < 1.29 is 19.4 Å². The zero-order chi connectivity index (χ0) is 17.8. The zero-order valence-corrected chi connectivity index (χ0v) is 14.1. The number of piperazine rings is 1. The van der Waals surface area contributed by atoms with Gasteiger partial charge in [-0.1, -0.05) is 12.1 Å². The van der Waals surface area contributed by atoms with Crippen molar-refractivity contribution in [2.75, 3.05) is 50.7 Å². The van der Waals surface area contributed by atoms with Crippen LogP contribution < -0.4 is 10.6 Å². The molecule has 0 bridgehead atoms. The molecule has 2 saturated heterocycles. The van der Waals surface area contributed by atoms with Gasteiger partial charge in [0.25, 0.3) is 0 Å². The first-order valence-electron chi connectivity index (χ1n) is 8.49. The molecule has 0 aromatic heterocycles. The fraction of sp³-hybridized carbons (Fsp3) is 0.529. The van der Waals surface area contributed by atoms with Crippen molar-refractivity contribution in [3.05, 3.63) is 29.8 Å². The maximum atomic E-state index is 12.1. The average Bonchev–Trinajstić information content (AvgIpc) is 2.96. The first-order chi connectivity index (χ1) is 12.0. The van der Waals surface area contributed by atoms with Gasteiger partial charge in [-0.3, -0.25) is 19.5 Å². The third-order valence-corrected chi connectivity index (χ3v) is 4.64. The van der Waals surface area contributed by atoms with E-state index in [1.165, 1.54) is 0 Å². The minimum absolute atomic E-state index is 0.0822. The maximum absolute atomic E-state index is 12.1. The number of nitrogens with zero attached hydrogens (tertiary/aromatic N) is 3. The first kappa shape index (κ1) is 17.7. The summed E-state index contributed by atoms with van der Waals surface area (Å²) in [6.45, 7) is 4.76. The quantitative estimate of drug-likeness (QED) is 0.756. The molecule has 1 atom stereocenters. The highest BCUT2D eigenvalue weighted by molar-refractivity contribution is 5.89. The molecule has 1 amide bonds. The van der Waals surface area contributed by atoms with Gasteiger partial charge in [-0.25, -0.2) is 4.79 Å². The third kappa shape index (κ3) is 4.47. The lowest BCUT2D eigenvalue weighted by Crippen LogP contribution is -2.50. The largest absolute Gasteiger partial charge is 0.480 e. The van der Waals surface area contributed by atoms with Crippen molar-refractivity contribution in [2.24, 2.45) is 5.73 Å². The lowest BCUT2D eigenvalue weighted by atomic mass is 10.2. The molecule has 1 aromatic rings. The Kier molecular flexibility index (Phi) is 5.52. The van der Waals surface area contributed by atoms with Crippen LogP contribution in [-0.4, -0.2) is 78.9 Å². The number of benzene rings is 1. The number of amides is 1. The van der Waals surface area contributed by atoms with Crippen LogP contribution in [0.15, 0.2) is 24.3 Å². The van der Waals surface area contributed by atoms with E-state index in [1.807, 2.05) is 29.2 Å². The summed E-state index contributed by atoms with van der Waals surface area (Å²) in [7, 11) is 0. The summed E-state index contributed by atoms with van der Waals surface area (Å²) in [6.07, 6.45) is -0.497. The molecule has 25 heavy (non-hydrogen) atoms. The molecule has 3 rings (SSSR count). The van der Waals surface area contributed by atoms with Gasteiger partial charge in [0.2, 0.25) is 0 Å². The summed E-state index contributed by atoms with van der Waals surface area (Å²) in [5.41, 5.74) is 7.43. The first-order valence-corrected chi connectivity index (χ1v) is 8.49. The molecule has 2 aliphatic rings. The Morgan fingerprint density at radius 2 is 1.80 bits per heavy atom. The lowest BCUT2D eigenvalue weighted by Gasteiger charge is -2.34. The van der Waals surface area contributed by atoms with Gasteiger partial charge in [0.1, 0.15) is 6.10 Å². The van der Waals surface area contributed by atoms with E-state index < -0.39 is 5.97 Å². The second-order valence-electron chi connectivity index (χ2n) is 6.46. The molecule has 0 saturated carbocycles. The third-order valence-electron chi connectivity index (χ3n) is 4.64. The van der Waals surface area contributed by atoms with Gasteiger partial charge in [-0.2, -0.15) is 0 Å². The van der Waals surface area contributed by atoms with E-state index in [-0.39, 0.29) is 18.7 Å². The average molecular weight is 348 g/mol. The van der Waals surface area contributed by atoms with Crippen LogP contribution >= 0.6 is 0 Å². The molecule has 2 heterocycles. The number of nitrogens with two attached hydrogens (primary N) is 1. The van der Waals surface area contributed by atoms with Crippen molar-refractivity contribution in [3.8, 4) is 0 Å². The van der Waals surface area contributed by atoms with Crippen LogP contribution in [0.2, 0.25) is 0 Å². The molecular formula is C17H24N4O4. The number of carbonyl (C=O) groups is 2. The molecule has 0 aliphatic carbocycles. The lowest BCUT2D eigenvalue weighted by molar-refractivity contribution is -0.138. The highest BCUT2D eigenvalue weighted by Gasteiger charge is 2.34. The number of hydrogen-bond acceptors (Lipinski definition) is 6. The number of anilines is 1. The Morgan fingerprint density at radius 3 is 2.40 bits per heavy atom. The summed E-state index contributed by atoms with van der Waals surface area (Å²) in [6, 6.07) is 7.60. The molecule has 0 spiro atoms. The van der Waals surface area contributed by atoms with E-state index in [0.29, 0.717) is 19.6 Å². The second kappa shape index (κ2) is 7.81. The Bertz CT molecular complexity index is 614. The van der Waals surface area contributed by atoms with Gasteiger partial charge in [-0.15, -0.1) is 0 Å². The molecule has 8 heteroatoms. The fourth-order valence-electron chi connectivity index (χ4n) is 3.25. The Hall–Kier alpha value is -2.16. The van der Waals surface area contributed by atoms with Crippen LogP contribution in [0.1, 0.15) is 5.56 Å². The summed E-state index contributed by atoms with van der Waals surface area (Å²) in [5, 5.41) is 8.84. The van der Waals surface area contributed by atoms with Gasteiger partial charge in [0.15, 0.2) is 0 Å². The minimum atomic E-state index is -0.797. The van der Waals surface area contributed by atoms with E-state index >= 15 is 0 Å². The van der Waals surface area contributed by atoms with Crippen molar-refractivity contribution in [2.45, 2.75) is 12.6 Å². The SMILES string of the molecule is NCc1ccc(N2CC(CN3CCN(CC(=O)O)CC3)OC2=O)cc1. The highest BCUT2D eigenvalue weighted by atomic mass is 16.6.